The quantitative estimate of drug-likeness (QED) is 0.899. The van der Waals surface area contributed by atoms with E-state index >= 15 is 0 Å². The summed E-state index contributed by atoms with van der Waals surface area (Å²) >= 11 is 0. The molecule has 2 amide bonds. The van der Waals surface area contributed by atoms with Gasteiger partial charge in [-0.2, -0.15) is 0 Å². The summed E-state index contributed by atoms with van der Waals surface area (Å²) in [5, 5.41) is 9.20. The zero-order valence-electron chi connectivity index (χ0n) is 11.9. The normalized spacial score (nSPS) is 13.9. The van der Waals surface area contributed by atoms with Crippen LogP contribution in [-0.2, 0) is 0 Å². The van der Waals surface area contributed by atoms with Gasteiger partial charge in [-0.25, -0.2) is 9.59 Å². The molecule has 0 radical (unpaired) electrons. The number of aromatic carboxylic acids is 1. The lowest BCUT2D eigenvalue weighted by Crippen LogP contribution is -2.42. The molecule has 0 aromatic heterocycles. The largest absolute Gasteiger partial charge is 0.478 e. The summed E-state index contributed by atoms with van der Waals surface area (Å²) in [4.78, 5) is 26.9. The first-order valence-electron chi connectivity index (χ1n) is 6.89. The molecule has 1 fully saturated rings. The highest BCUT2D eigenvalue weighted by molar-refractivity contribution is 6.01. The molecule has 0 bridgehead atoms. The molecule has 1 aromatic carbocycles. The smallest absolute Gasteiger partial charge is 0.337 e. The Morgan fingerprint density at radius 2 is 1.95 bits per heavy atom. The molecule has 5 nitrogen and oxygen atoms in total. The number of anilines is 1. The van der Waals surface area contributed by atoms with Gasteiger partial charge in [-0.1, -0.05) is 12.1 Å². The minimum atomic E-state index is -1.02. The summed E-state index contributed by atoms with van der Waals surface area (Å²) in [6, 6.07) is 6.42. The van der Waals surface area contributed by atoms with Crippen LogP contribution < -0.4 is 4.90 Å². The molecule has 0 unspecified atom stereocenters. The van der Waals surface area contributed by atoms with Gasteiger partial charge in [0.2, 0.25) is 0 Å². The Morgan fingerprint density at radius 1 is 1.30 bits per heavy atom. The first kappa shape index (κ1) is 14.4. The lowest BCUT2D eigenvalue weighted by molar-refractivity contribution is 0.0697. The van der Waals surface area contributed by atoms with Crippen molar-refractivity contribution in [1.82, 2.24) is 4.90 Å². The van der Waals surface area contributed by atoms with Crippen molar-refractivity contribution in [3.05, 3.63) is 29.8 Å². The number of benzene rings is 1. The van der Waals surface area contributed by atoms with Gasteiger partial charge in [-0.15, -0.1) is 0 Å². The molecular formula is C15H20N2O3. The SMILES string of the molecule is CCN(CC1CC1)C(=O)N(C)c1ccccc1C(=O)O. The second-order valence-electron chi connectivity index (χ2n) is 5.15. The topological polar surface area (TPSA) is 60.9 Å². The number of amides is 2. The highest BCUT2D eigenvalue weighted by atomic mass is 16.4. The molecule has 5 heteroatoms. The van der Waals surface area contributed by atoms with E-state index < -0.39 is 5.97 Å². The Labute approximate surface area is 118 Å². The molecule has 108 valence electrons. The zero-order chi connectivity index (χ0) is 14.7. The summed E-state index contributed by atoms with van der Waals surface area (Å²) in [5.41, 5.74) is 0.574. The third-order valence-electron chi connectivity index (χ3n) is 3.61. The summed E-state index contributed by atoms with van der Waals surface area (Å²) in [7, 11) is 1.62. The van der Waals surface area contributed by atoms with Crippen molar-refractivity contribution in [2.45, 2.75) is 19.8 Å². The second-order valence-corrected chi connectivity index (χ2v) is 5.15. The van der Waals surface area contributed by atoms with E-state index in [0.29, 0.717) is 18.2 Å². The highest BCUT2D eigenvalue weighted by Crippen LogP contribution is 2.30. The van der Waals surface area contributed by atoms with Crippen molar-refractivity contribution in [3.63, 3.8) is 0 Å². The number of urea groups is 1. The van der Waals surface area contributed by atoms with Crippen LogP contribution in [0.2, 0.25) is 0 Å². The predicted molar refractivity (Wildman–Crippen MR) is 77.2 cm³/mol. The van der Waals surface area contributed by atoms with Crippen LogP contribution in [0.5, 0.6) is 0 Å². The van der Waals surface area contributed by atoms with Crippen molar-refractivity contribution in [1.29, 1.82) is 0 Å². The van der Waals surface area contributed by atoms with Crippen molar-refractivity contribution < 1.29 is 14.7 Å². The predicted octanol–water partition coefficient (Wildman–Crippen LogP) is 2.67. The van der Waals surface area contributed by atoms with Gasteiger partial charge in [0, 0.05) is 20.1 Å². The zero-order valence-corrected chi connectivity index (χ0v) is 11.9. The number of carbonyl (C=O) groups excluding carboxylic acids is 1. The summed E-state index contributed by atoms with van der Waals surface area (Å²) in [6.45, 7) is 3.33. The third-order valence-corrected chi connectivity index (χ3v) is 3.61. The maximum absolute atomic E-state index is 12.5. The Hall–Kier alpha value is -2.04. The summed E-state index contributed by atoms with van der Waals surface area (Å²) in [5.74, 6) is -0.410. The molecule has 2 rings (SSSR count). The van der Waals surface area contributed by atoms with Gasteiger partial charge in [0.05, 0.1) is 11.3 Å². The number of para-hydroxylation sites is 1. The van der Waals surface area contributed by atoms with Gasteiger partial charge in [0.1, 0.15) is 0 Å². The summed E-state index contributed by atoms with van der Waals surface area (Å²) < 4.78 is 0. The fourth-order valence-corrected chi connectivity index (χ4v) is 2.22. The van der Waals surface area contributed by atoms with Gasteiger partial charge in [-0.05, 0) is 37.8 Å². The monoisotopic (exact) mass is 276 g/mol. The molecule has 20 heavy (non-hydrogen) atoms. The van der Waals surface area contributed by atoms with Crippen molar-refractivity contribution in [2.24, 2.45) is 5.92 Å². The minimum Gasteiger partial charge on any atom is -0.478 e. The highest BCUT2D eigenvalue weighted by Gasteiger charge is 2.28. The van der Waals surface area contributed by atoms with Gasteiger partial charge in [-0.3, -0.25) is 4.90 Å². The molecule has 1 aliphatic carbocycles. The van der Waals surface area contributed by atoms with Crippen LogP contribution in [0, 0.1) is 5.92 Å². The van der Waals surface area contributed by atoms with E-state index in [4.69, 9.17) is 0 Å². The Kier molecular flexibility index (Phi) is 4.27. The molecule has 1 saturated carbocycles. The fraction of sp³-hybridized carbons (Fsp3) is 0.467. The van der Waals surface area contributed by atoms with Crippen molar-refractivity contribution in [3.8, 4) is 0 Å². The van der Waals surface area contributed by atoms with E-state index in [9.17, 15) is 14.7 Å². The maximum Gasteiger partial charge on any atom is 0.337 e. The molecule has 1 aromatic rings. The number of rotatable bonds is 5. The fourth-order valence-electron chi connectivity index (χ4n) is 2.22. The van der Waals surface area contributed by atoms with Crippen molar-refractivity contribution >= 4 is 17.7 Å². The third kappa shape index (κ3) is 3.10. The first-order chi connectivity index (χ1) is 9.54. The number of nitrogens with zero attached hydrogens (tertiary/aromatic N) is 2. The molecule has 0 spiro atoms. The number of hydrogen-bond acceptors (Lipinski definition) is 2. The van der Waals surface area contributed by atoms with Gasteiger partial charge in [0.15, 0.2) is 0 Å². The van der Waals surface area contributed by atoms with Crippen LogP contribution in [-0.4, -0.2) is 42.1 Å². The number of hydrogen-bond donors (Lipinski definition) is 1. The molecule has 1 aliphatic rings. The molecular weight excluding hydrogens is 256 g/mol. The van der Waals surface area contributed by atoms with E-state index in [1.807, 2.05) is 6.92 Å². The van der Waals surface area contributed by atoms with Crippen LogP contribution in [0.25, 0.3) is 0 Å². The van der Waals surface area contributed by atoms with Crippen LogP contribution in [0.3, 0.4) is 0 Å². The average molecular weight is 276 g/mol. The van der Waals surface area contributed by atoms with Crippen LogP contribution in [0.4, 0.5) is 10.5 Å². The van der Waals surface area contributed by atoms with Gasteiger partial charge in [0.25, 0.3) is 0 Å². The maximum atomic E-state index is 12.5. The van der Waals surface area contributed by atoms with Gasteiger partial charge >= 0.3 is 12.0 Å². The molecule has 0 saturated heterocycles. The molecule has 0 heterocycles. The Balaban J connectivity index is 2.18. The van der Waals surface area contributed by atoms with E-state index in [0.717, 1.165) is 6.54 Å². The number of carboxylic acids is 1. The number of carbonyl (C=O) groups is 2. The van der Waals surface area contributed by atoms with Crippen LogP contribution in [0.15, 0.2) is 24.3 Å². The summed E-state index contributed by atoms with van der Waals surface area (Å²) in [6.07, 6.45) is 2.36. The number of carboxylic acid groups (broad SMARTS) is 1. The van der Waals surface area contributed by atoms with E-state index in [1.165, 1.54) is 23.8 Å². The lowest BCUT2D eigenvalue weighted by Gasteiger charge is -2.28. The van der Waals surface area contributed by atoms with Crippen LogP contribution >= 0.6 is 0 Å². The molecule has 0 aliphatic heterocycles. The first-order valence-corrected chi connectivity index (χ1v) is 6.89. The van der Waals surface area contributed by atoms with Crippen LogP contribution in [0.1, 0.15) is 30.1 Å². The standard InChI is InChI=1S/C15H20N2O3/c1-3-17(10-11-8-9-11)15(20)16(2)13-7-5-4-6-12(13)14(18)19/h4-7,11H,3,8-10H2,1-2H3,(H,18,19). The van der Waals surface area contributed by atoms with E-state index in [-0.39, 0.29) is 11.6 Å². The second kappa shape index (κ2) is 5.94. The Bertz CT molecular complexity index is 512. The van der Waals surface area contributed by atoms with E-state index in [1.54, 1.807) is 30.1 Å². The lowest BCUT2D eigenvalue weighted by atomic mass is 10.1. The Morgan fingerprint density at radius 3 is 2.50 bits per heavy atom. The molecule has 1 N–H and O–H groups in total. The molecule has 0 atom stereocenters. The average Bonchev–Trinajstić information content (AvgIpc) is 3.27. The van der Waals surface area contributed by atoms with Crippen molar-refractivity contribution in [2.75, 3.05) is 25.0 Å². The van der Waals surface area contributed by atoms with E-state index in [2.05, 4.69) is 0 Å². The minimum absolute atomic E-state index is 0.144. The van der Waals surface area contributed by atoms with Gasteiger partial charge < -0.3 is 10.0 Å².